The lowest BCUT2D eigenvalue weighted by Crippen LogP contribution is -2.07. The van der Waals surface area contributed by atoms with Crippen molar-refractivity contribution >= 4 is 42.3 Å². The highest BCUT2D eigenvalue weighted by Gasteiger charge is 2.33. The summed E-state index contributed by atoms with van der Waals surface area (Å²) in [4.78, 5) is 8.41. The summed E-state index contributed by atoms with van der Waals surface area (Å²) < 4.78 is 66.9. The molecule has 0 bridgehead atoms. The van der Waals surface area contributed by atoms with Crippen molar-refractivity contribution in [3.05, 3.63) is 42.2 Å². The number of fused-ring (bicyclic) bond motifs is 2. The number of sulfone groups is 1. The summed E-state index contributed by atoms with van der Waals surface area (Å²) in [6.45, 7) is 1.56. The van der Waals surface area contributed by atoms with Crippen molar-refractivity contribution in [3.63, 3.8) is 0 Å². The number of aromatic nitrogens is 3. The van der Waals surface area contributed by atoms with Gasteiger partial charge in [0, 0.05) is 17.1 Å². The minimum Gasteiger partial charge on any atom is -0.326 e. The molecule has 0 aliphatic carbocycles. The molecule has 1 aromatic carbocycles. The van der Waals surface area contributed by atoms with Crippen molar-refractivity contribution in [3.8, 4) is 10.7 Å². The topological polar surface area (TPSA) is 64.8 Å². The van der Waals surface area contributed by atoms with Gasteiger partial charge in [-0.25, -0.2) is 18.4 Å². The van der Waals surface area contributed by atoms with E-state index in [9.17, 15) is 21.6 Å². The third-order valence-corrected chi connectivity index (χ3v) is 7.60. The normalized spacial score (nSPS) is 12.9. The number of benzene rings is 1. The monoisotopic (exact) mass is 425 g/mol. The molecule has 0 saturated carbocycles. The van der Waals surface area contributed by atoms with Crippen LogP contribution >= 0.6 is 11.3 Å². The zero-order valence-electron chi connectivity index (χ0n) is 14.8. The third kappa shape index (κ3) is 2.87. The van der Waals surface area contributed by atoms with Gasteiger partial charge >= 0.3 is 6.18 Å². The van der Waals surface area contributed by atoms with Crippen molar-refractivity contribution in [1.82, 2.24) is 14.5 Å². The van der Waals surface area contributed by atoms with Gasteiger partial charge in [-0.05, 0) is 12.1 Å². The Morgan fingerprint density at radius 1 is 1.21 bits per heavy atom. The summed E-state index contributed by atoms with van der Waals surface area (Å²) in [6.07, 6.45) is -3.52. The molecule has 0 N–H and O–H groups in total. The largest absolute Gasteiger partial charge is 0.433 e. The molecule has 0 unspecified atom stereocenters. The fourth-order valence-corrected chi connectivity index (χ4v) is 5.94. The number of hydrogen-bond acceptors (Lipinski definition) is 5. The van der Waals surface area contributed by atoms with E-state index in [1.807, 2.05) is 6.07 Å². The molecule has 0 aliphatic rings. The summed E-state index contributed by atoms with van der Waals surface area (Å²) >= 11 is 1.25. The van der Waals surface area contributed by atoms with Gasteiger partial charge < -0.3 is 4.57 Å². The average Bonchev–Trinajstić information content (AvgIpc) is 3.19. The summed E-state index contributed by atoms with van der Waals surface area (Å²) in [5.74, 6) is 0.203. The van der Waals surface area contributed by atoms with Crippen LogP contribution in [-0.4, -0.2) is 28.7 Å². The zero-order valence-corrected chi connectivity index (χ0v) is 16.4. The summed E-state index contributed by atoms with van der Waals surface area (Å²) in [7, 11) is -2.02. The van der Waals surface area contributed by atoms with Crippen molar-refractivity contribution < 1.29 is 21.6 Å². The Balaban J connectivity index is 2.05. The van der Waals surface area contributed by atoms with Crippen LogP contribution in [0.15, 0.2) is 41.4 Å². The molecule has 0 saturated heterocycles. The smallest absolute Gasteiger partial charge is 0.326 e. The second-order valence-electron chi connectivity index (χ2n) is 6.21. The highest BCUT2D eigenvalue weighted by Crippen LogP contribution is 2.42. The number of halogens is 3. The molecule has 5 nitrogen and oxygen atoms in total. The van der Waals surface area contributed by atoms with Crippen molar-refractivity contribution in [1.29, 1.82) is 0 Å². The van der Waals surface area contributed by atoms with Gasteiger partial charge in [0.2, 0.25) is 0 Å². The first-order valence-electron chi connectivity index (χ1n) is 8.28. The molecule has 10 heteroatoms. The molecule has 3 heterocycles. The highest BCUT2D eigenvalue weighted by molar-refractivity contribution is 7.92. The molecule has 0 aliphatic heterocycles. The maximum absolute atomic E-state index is 13.0. The molecular formula is C18H14F3N3O2S2. The maximum Gasteiger partial charge on any atom is 0.433 e. The summed E-state index contributed by atoms with van der Waals surface area (Å²) in [5.41, 5.74) is -0.523. The van der Waals surface area contributed by atoms with Crippen LogP contribution in [-0.2, 0) is 23.1 Å². The fraction of sp³-hybridized carbons (Fsp3) is 0.222. The number of imidazole rings is 1. The van der Waals surface area contributed by atoms with Crippen LogP contribution in [0.1, 0.15) is 12.6 Å². The van der Waals surface area contributed by atoms with Gasteiger partial charge in [-0.2, -0.15) is 13.2 Å². The molecule has 3 aromatic heterocycles. The minimum atomic E-state index is -4.58. The van der Waals surface area contributed by atoms with E-state index in [2.05, 4.69) is 9.97 Å². The van der Waals surface area contributed by atoms with E-state index >= 15 is 0 Å². The summed E-state index contributed by atoms with van der Waals surface area (Å²) in [5, 5.41) is 0.588. The lowest BCUT2D eigenvalue weighted by atomic mass is 10.2. The average molecular weight is 425 g/mol. The molecule has 4 rings (SSSR count). The van der Waals surface area contributed by atoms with Gasteiger partial charge in [-0.15, -0.1) is 11.3 Å². The van der Waals surface area contributed by atoms with E-state index in [4.69, 9.17) is 0 Å². The maximum atomic E-state index is 13.0. The first-order valence-corrected chi connectivity index (χ1v) is 10.7. The fourth-order valence-electron chi connectivity index (χ4n) is 3.08. The van der Waals surface area contributed by atoms with Gasteiger partial charge in [-0.1, -0.05) is 25.1 Å². The predicted molar refractivity (Wildman–Crippen MR) is 102 cm³/mol. The molecular weight excluding hydrogens is 411 g/mol. The molecule has 0 atom stereocenters. The number of pyridine rings is 1. The van der Waals surface area contributed by atoms with Crippen molar-refractivity contribution in [2.24, 2.45) is 7.05 Å². The van der Waals surface area contributed by atoms with E-state index in [-0.39, 0.29) is 21.7 Å². The number of alkyl halides is 3. The Morgan fingerprint density at radius 3 is 2.61 bits per heavy atom. The molecule has 28 heavy (non-hydrogen) atoms. The van der Waals surface area contributed by atoms with Crippen LogP contribution in [0, 0.1) is 0 Å². The van der Waals surface area contributed by atoms with Crippen LogP contribution in [0.2, 0.25) is 0 Å². The van der Waals surface area contributed by atoms with Crippen LogP contribution in [0.5, 0.6) is 0 Å². The van der Waals surface area contributed by atoms with E-state index in [0.29, 0.717) is 16.1 Å². The second-order valence-corrected chi connectivity index (χ2v) is 9.48. The lowest BCUT2D eigenvalue weighted by molar-refractivity contribution is -0.141. The highest BCUT2D eigenvalue weighted by atomic mass is 32.2. The Bertz CT molecular complexity index is 1320. The molecule has 0 radical (unpaired) electrons. The lowest BCUT2D eigenvalue weighted by Gasteiger charge is -2.06. The molecule has 0 amide bonds. The van der Waals surface area contributed by atoms with Crippen LogP contribution in [0.4, 0.5) is 13.2 Å². The van der Waals surface area contributed by atoms with Crippen LogP contribution in [0.3, 0.4) is 0 Å². The molecule has 146 valence electrons. The van der Waals surface area contributed by atoms with E-state index < -0.39 is 21.7 Å². The quantitative estimate of drug-likeness (QED) is 0.479. The van der Waals surface area contributed by atoms with Gasteiger partial charge in [0.05, 0.1) is 27.2 Å². The Labute approximate surface area is 162 Å². The SMILES string of the molecule is CCS(=O)(=O)c1c(-c2nc3cnc(C(F)(F)F)cc3n2C)sc2ccccc12. The third-order valence-electron chi connectivity index (χ3n) is 4.50. The first kappa shape index (κ1) is 18.9. The van der Waals surface area contributed by atoms with Gasteiger partial charge in [0.15, 0.2) is 15.7 Å². The molecule has 4 aromatic rings. The zero-order chi connectivity index (χ0) is 20.3. The first-order chi connectivity index (χ1) is 13.1. The van der Waals surface area contributed by atoms with E-state index in [1.165, 1.54) is 15.9 Å². The van der Waals surface area contributed by atoms with Crippen molar-refractivity contribution in [2.45, 2.75) is 18.0 Å². The van der Waals surface area contributed by atoms with Gasteiger partial charge in [0.25, 0.3) is 0 Å². The number of hydrogen-bond donors (Lipinski definition) is 0. The Morgan fingerprint density at radius 2 is 1.93 bits per heavy atom. The number of thiophene rings is 1. The van der Waals surface area contributed by atoms with Crippen LogP contribution < -0.4 is 0 Å². The van der Waals surface area contributed by atoms with Crippen LogP contribution in [0.25, 0.3) is 31.8 Å². The van der Waals surface area contributed by atoms with Crippen molar-refractivity contribution in [2.75, 3.05) is 5.75 Å². The number of rotatable bonds is 3. The minimum absolute atomic E-state index is 0.0928. The number of aryl methyl sites for hydroxylation is 1. The van der Waals surface area contributed by atoms with E-state index in [1.54, 1.807) is 32.2 Å². The Kier molecular flexibility index (Phi) is 4.23. The standard InChI is InChI=1S/C18H14F3N3O2S2/c1-3-28(25,26)16-10-6-4-5-7-13(10)27-15(16)17-23-11-9-22-14(18(19,20)21)8-12(11)24(17)2/h4-9H,3H2,1-2H3. The van der Waals surface area contributed by atoms with Gasteiger partial charge in [-0.3, -0.25) is 0 Å². The van der Waals surface area contributed by atoms with E-state index in [0.717, 1.165) is 17.0 Å². The Hall–Kier alpha value is -2.46. The second kappa shape index (κ2) is 6.28. The predicted octanol–water partition coefficient (Wildman–Crippen LogP) is 4.66. The number of nitrogens with zero attached hydrogens (tertiary/aromatic N) is 3. The molecule has 0 fully saturated rings. The van der Waals surface area contributed by atoms with Gasteiger partial charge in [0.1, 0.15) is 11.2 Å². The molecule has 0 spiro atoms. The summed E-state index contributed by atoms with van der Waals surface area (Å²) in [6, 6.07) is 8.02.